The molecule has 1 saturated carbocycles. The number of aliphatic hydroxyl groups is 1. The van der Waals surface area contributed by atoms with Crippen LogP contribution in [0.25, 0.3) is 0 Å². The Balaban J connectivity index is 2.26. The molecule has 21 heavy (non-hydrogen) atoms. The van der Waals surface area contributed by atoms with Gasteiger partial charge in [0, 0.05) is 19.3 Å². The lowest BCUT2D eigenvalue weighted by Crippen LogP contribution is -2.26. The van der Waals surface area contributed by atoms with Crippen LogP contribution in [0.2, 0.25) is 0 Å². The van der Waals surface area contributed by atoms with Crippen LogP contribution in [0.3, 0.4) is 0 Å². The van der Waals surface area contributed by atoms with Gasteiger partial charge in [-0.25, -0.2) is 0 Å². The third-order valence-electron chi connectivity index (χ3n) is 4.20. The summed E-state index contributed by atoms with van der Waals surface area (Å²) in [6.45, 7) is 5.98. The summed E-state index contributed by atoms with van der Waals surface area (Å²) < 4.78 is 0. The summed E-state index contributed by atoms with van der Waals surface area (Å²) in [6, 6.07) is 6.08. The first kappa shape index (κ1) is 15.5. The van der Waals surface area contributed by atoms with E-state index >= 15 is 0 Å². The fourth-order valence-corrected chi connectivity index (χ4v) is 2.82. The van der Waals surface area contributed by atoms with Crippen LogP contribution < -0.4 is 0 Å². The lowest BCUT2D eigenvalue weighted by molar-refractivity contribution is -0.124. The highest BCUT2D eigenvalue weighted by atomic mass is 16.3. The summed E-state index contributed by atoms with van der Waals surface area (Å²) in [7, 11) is 0. The summed E-state index contributed by atoms with van der Waals surface area (Å²) in [5.41, 5.74) is 3.45. The molecule has 0 aliphatic heterocycles. The quantitative estimate of drug-likeness (QED) is 0.520. The van der Waals surface area contributed by atoms with E-state index in [4.69, 9.17) is 0 Å². The van der Waals surface area contributed by atoms with E-state index in [9.17, 15) is 14.7 Å². The van der Waals surface area contributed by atoms with Crippen LogP contribution >= 0.6 is 0 Å². The predicted molar refractivity (Wildman–Crippen MR) is 82.5 cm³/mol. The van der Waals surface area contributed by atoms with Crippen LogP contribution in [0.4, 0.5) is 0 Å². The zero-order chi connectivity index (χ0) is 15.6. The molecule has 3 heteroatoms. The minimum Gasteiger partial charge on any atom is -0.511 e. The number of hydrogen-bond donors (Lipinski definition) is 1. The number of rotatable bonds is 3. The van der Waals surface area contributed by atoms with Gasteiger partial charge in [-0.3, -0.25) is 9.59 Å². The fourth-order valence-electron chi connectivity index (χ4n) is 2.82. The summed E-state index contributed by atoms with van der Waals surface area (Å²) in [6.07, 6.45) is 1.71. The number of aliphatic hydroxyl groups excluding tert-OH is 1. The average molecular weight is 286 g/mol. The topological polar surface area (TPSA) is 54.4 Å². The van der Waals surface area contributed by atoms with E-state index in [0.717, 1.165) is 12.0 Å². The summed E-state index contributed by atoms with van der Waals surface area (Å²) in [5, 5.41) is 9.89. The molecular weight excluding hydrogens is 264 g/mol. The van der Waals surface area contributed by atoms with Gasteiger partial charge in [0.2, 0.25) is 0 Å². The second-order valence-electron chi connectivity index (χ2n) is 5.87. The maximum absolute atomic E-state index is 12.2. The minimum atomic E-state index is -0.222. The van der Waals surface area contributed by atoms with Crippen molar-refractivity contribution in [1.82, 2.24) is 0 Å². The molecule has 1 aromatic rings. The zero-order valence-corrected chi connectivity index (χ0v) is 12.9. The smallest absolute Gasteiger partial charge is 0.170 e. The summed E-state index contributed by atoms with van der Waals surface area (Å²) in [4.78, 5) is 24.4. The van der Waals surface area contributed by atoms with Crippen LogP contribution in [0.5, 0.6) is 0 Å². The van der Waals surface area contributed by atoms with E-state index in [1.807, 2.05) is 32.9 Å². The number of carbonyl (C=O) groups excluding carboxylic acids is 2. The van der Waals surface area contributed by atoms with E-state index in [1.165, 1.54) is 11.1 Å². The third kappa shape index (κ3) is 3.23. The molecule has 1 aliphatic carbocycles. The Bertz CT molecular complexity index is 591. The molecule has 0 spiro atoms. The van der Waals surface area contributed by atoms with Gasteiger partial charge in [0.25, 0.3) is 0 Å². The second-order valence-corrected chi connectivity index (χ2v) is 5.87. The molecule has 0 saturated heterocycles. The highest BCUT2D eigenvalue weighted by Gasteiger charge is 2.33. The van der Waals surface area contributed by atoms with Crippen LogP contribution in [0, 0.1) is 13.8 Å². The Morgan fingerprint density at radius 2 is 1.76 bits per heavy atom. The second kappa shape index (κ2) is 6.25. The van der Waals surface area contributed by atoms with Gasteiger partial charge in [0.15, 0.2) is 11.6 Å². The van der Waals surface area contributed by atoms with E-state index < -0.39 is 0 Å². The van der Waals surface area contributed by atoms with Gasteiger partial charge in [-0.2, -0.15) is 0 Å². The number of benzene rings is 1. The van der Waals surface area contributed by atoms with Gasteiger partial charge < -0.3 is 5.11 Å². The Hall–Kier alpha value is -1.90. The molecule has 0 radical (unpaired) electrons. The van der Waals surface area contributed by atoms with E-state index in [-0.39, 0.29) is 28.8 Å². The largest absolute Gasteiger partial charge is 0.511 e. The molecule has 1 fully saturated rings. The molecule has 112 valence electrons. The molecule has 1 aliphatic rings. The lowest BCUT2D eigenvalue weighted by atomic mass is 9.79. The highest BCUT2D eigenvalue weighted by molar-refractivity contribution is 6.22. The van der Waals surface area contributed by atoms with Crippen molar-refractivity contribution < 1.29 is 14.7 Å². The van der Waals surface area contributed by atoms with Crippen molar-refractivity contribution in [3.05, 3.63) is 46.2 Å². The minimum absolute atomic E-state index is 0.0361. The molecule has 0 bridgehead atoms. The first-order valence-corrected chi connectivity index (χ1v) is 7.49. The monoisotopic (exact) mass is 286 g/mol. The average Bonchev–Trinajstić information content (AvgIpc) is 2.41. The van der Waals surface area contributed by atoms with Crippen molar-refractivity contribution in [3.63, 3.8) is 0 Å². The Labute approximate surface area is 125 Å². The molecule has 2 rings (SSSR count). The molecule has 0 heterocycles. The normalized spacial score (nSPS) is 19.0. The molecule has 0 atom stereocenters. The SMILES string of the molecule is CCCC(O)=C1C(=O)CC(c2ccc(C)c(C)c2)CC1=O. The standard InChI is InChI=1S/C18H22O3/c1-4-5-15(19)18-16(20)9-14(10-17(18)21)13-7-6-11(2)12(3)8-13/h6-8,14,19H,4-5,9-10H2,1-3H3. The number of hydrogen-bond acceptors (Lipinski definition) is 3. The van der Waals surface area contributed by atoms with Crippen LogP contribution in [0.1, 0.15) is 55.2 Å². The predicted octanol–water partition coefficient (Wildman–Crippen LogP) is 3.93. The van der Waals surface area contributed by atoms with Crippen molar-refractivity contribution in [2.45, 2.75) is 52.4 Å². The molecule has 1 N–H and O–H groups in total. The Kier molecular flexibility index (Phi) is 4.61. The van der Waals surface area contributed by atoms with Gasteiger partial charge in [-0.15, -0.1) is 0 Å². The lowest BCUT2D eigenvalue weighted by Gasteiger charge is -2.23. The number of allylic oxidation sites excluding steroid dienone is 2. The molecule has 0 aromatic heterocycles. The molecule has 0 amide bonds. The first-order chi connectivity index (χ1) is 9.93. The molecule has 1 aromatic carbocycles. The van der Waals surface area contributed by atoms with E-state index in [1.54, 1.807) is 0 Å². The molecule has 0 unspecified atom stereocenters. The van der Waals surface area contributed by atoms with Crippen molar-refractivity contribution in [2.24, 2.45) is 0 Å². The van der Waals surface area contributed by atoms with Crippen LogP contribution in [0.15, 0.2) is 29.5 Å². The summed E-state index contributed by atoms with van der Waals surface area (Å²) >= 11 is 0. The maximum Gasteiger partial charge on any atom is 0.170 e. The van der Waals surface area contributed by atoms with Crippen molar-refractivity contribution >= 4 is 11.6 Å². The van der Waals surface area contributed by atoms with Gasteiger partial charge in [0.05, 0.1) is 5.57 Å². The molecule has 3 nitrogen and oxygen atoms in total. The van der Waals surface area contributed by atoms with Gasteiger partial charge in [-0.1, -0.05) is 25.1 Å². The van der Waals surface area contributed by atoms with Crippen LogP contribution in [-0.2, 0) is 9.59 Å². The van der Waals surface area contributed by atoms with E-state index in [0.29, 0.717) is 19.3 Å². The number of Topliss-reactive ketones (excluding diaryl/α,β-unsaturated/α-hetero) is 2. The fraction of sp³-hybridized carbons (Fsp3) is 0.444. The van der Waals surface area contributed by atoms with Gasteiger partial charge >= 0.3 is 0 Å². The van der Waals surface area contributed by atoms with Crippen molar-refractivity contribution in [2.75, 3.05) is 0 Å². The van der Waals surface area contributed by atoms with E-state index in [2.05, 4.69) is 6.07 Å². The van der Waals surface area contributed by atoms with Gasteiger partial charge in [0.1, 0.15) is 5.76 Å². The Morgan fingerprint density at radius 1 is 1.14 bits per heavy atom. The number of ketones is 2. The van der Waals surface area contributed by atoms with Crippen LogP contribution in [-0.4, -0.2) is 16.7 Å². The summed E-state index contributed by atoms with van der Waals surface area (Å²) in [5.74, 6) is -0.547. The third-order valence-corrected chi connectivity index (χ3v) is 4.20. The van der Waals surface area contributed by atoms with Gasteiger partial charge in [-0.05, 0) is 42.9 Å². The number of aryl methyl sites for hydroxylation is 2. The first-order valence-electron chi connectivity index (χ1n) is 7.49. The maximum atomic E-state index is 12.2. The Morgan fingerprint density at radius 3 is 2.29 bits per heavy atom. The molecular formula is C18H22O3. The highest BCUT2D eigenvalue weighted by Crippen LogP contribution is 2.33. The van der Waals surface area contributed by atoms with Crippen molar-refractivity contribution in [1.29, 1.82) is 0 Å². The number of carbonyl (C=O) groups is 2. The van der Waals surface area contributed by atoms with Crippen molar-refractivity contribution in [3.8, 4) is 0 Å². The zero-order valence-electron chi connectivity index (χ0n) is 12.9.